The minimum Gasteiger partial charge on any atom is -0.427 e. The second-order valence-electron chi connectivity index (χ2n) is 7.98. The summed E-state index contributed by atoms with van der Waals surface area (Å²) in [6.45, 7) is 4.96. The van der Waals surface area contributed by atoms with Gasteiger partial charge in [0.25, 0.3) is 0 Å². The summed E-state index contributed by atoms with van der Waals surface area (Å²) in [7, 11) is 0. The number of allylic oxidation sites excluding steroid dienone is 4. The molecule has 0 bridgehead atoms. The van der Waals surface area contributed by atoms with Crippen LogP contribution in [0.25, 0.3) is 0 Å². The fourth-order valence-electron chi connectivity index (χ4n) is 3.37. The lowest BCUT2D eigenvalue weighted by atomic mass is 10.0. The molecule has 0 saturated carbocycles. The van der Waals surface area contributed by atoms with Crippen molar-refractivity contribution in [3.8, 4) is 11.5 Å². The number of unbranched alkanes of at least 4 members (excludes halogenated alkanes) is 8. The van der Waals surface area contributed by atoms with E-state index in [0.29, 0.717) is 11.5 Å². The van der Waals surface area contributed by atoms with Crippen LogP contribution in [0.5, 0.6) is 11.5 Å². The highest BCUT2D eigenvalue weighted by atomic mass is 16.5. The standard InChI is InChI=1S/C27H40O4/c1-4-5-6-7-8-9-10-11-12-13-14-15-16-17-18-19-25-20-26(30-23(2)28)22-27(21-25)31-24(3)29/h8-9,11-12,20-22H,4-7,10,13-19H2,1-3H3. The minimum atomic E-state index is -0.386. The number of esters is 2. The summed E-state index contributed by atoms with van der Waals surface area (Å²) >= 11 is 0. The molecule has 0 aliphatic heterocycles. The van der Waals surface area contributed by atoms with Gasteiger partial charge in [-0.05, 0) is 62.6 Å². The molecule has 0 radical (unpaired) electrons. The highest BCUT2D eigenvalue weighted by Crippen LogP contribution is 2.25. The van der Waals surface area contributed by atoms with E-state index in [1.54, 1.807) is 6.07 Å². The zero-order chi connectivity index (χ0) is 22.7. The third-order valence-corrected chi connectivity index (χ3v) is 4.88. The van der Waals surface area contributed by atoms with E-state index < -0.39 is 0 Å². The molecule has 0 amide bonds. The van der Waals surface area contributed by atoms with Gasteiger partial charge in [-0.3, -0.25) is 9.59 Å². The van der Waals surface area contributed by atoms with Crippen molar-refractivity contribution in [1.29, 1.82) is 0 Å². The van der Waals surface area contributed by atoms with Gasteiger partial charge in [0.1, 0.15) is 11.5 Å². The maximum absolute atomic E-state index is 11.2. The van der Waals surface area contributed by atoms with Crippen LogP contribution in [-0.4, -0.2) is 11.9 Å². The van der Waals surface area contributed by atoms with E-state index in [1.807, 2.05) is 12.1 Å². The molecule has 0 aliphatic rings. The molecule has 0 heterocycles. The predicted molar refractivity (Wildman–Crippen MR) is 128 cm³/mol. The van der Waals surface area contributed by atoms with Crippen LogP contribution in [0.3, 0.4) is 0 Å². The Kier molecular flexibility index (Phi) is 14.9. The number of benzene rings is 1. The first-order chi connectivity index (χ1) is 15.0. The number of hydrogen-bond donors (Lipinski definition) is 0. The van der Waals surface area contributed by atoms with Crippen LogP contribution in [0.15, 0.2) is 42.5 Å². The molecular weight excluding hydrogens is 388 g/mol. The summed E-state index contributed by atoms with van der Waals surface area (Å²) in [6.07, 6.45) is 23.2. The predicted octanol–water partition coefficient (Wildman–Crippen LogP) is 7.50. The second-order valence-corrected chi connectivity index (χ2v) is 7.98. The molecule has 0 N–H and O–H groups in total. The lowest BCUT2D eigenvalue weighted by Crippen LogP contribution is -2.05. The Bertz CT molecular complexity index is 669. The average molecular weight is 429 g/mol. The highest BCUT2D eigenvalue weighted by Gasteiger charge is 2.07. The van der Waals surface area contributed by atoms with E-state index in [0.717, 1.165) is 37.7 Å². The molecule has 172 valence electrons. The van der Waals surface area contributed by atoms with E-state index in [4.69, 9.17) is 9.47 Å². The summed E-state index contributed by atoms with van der Waals surface area (Å²) in [4.78, 5) is 22.5. The lowest BCUT2D eigenvalue weighted by molar-refractivity contribution is -0.132. The van der Waals surface area contributed by atoms with Gasteiger partial charge in [0.2, 0.25) is 0 Å². The van der Waals surface area contributed by atoms with Crippen LogP contribution < -0.4 is 9.47 Å². The van der Waals surface area contributed by atoms with Gasteiger partial charge in [0, 0.05) is 19.9 Å². The van der Waals surface area contributed by atoms with Crippen molar-refractivity contribution in [2.45, 2.75) is 97.8 Å². The summed E-state index contributed by atoms with van der Waals surface area (Å²) < 4.78 is 10.3. The van der Waals surface area contributed by atoms with E-state index >= 15 is 0 Å². The van der Waals surface area contributed by atoms with E-state index in [1.165, 1.54) is 58.8 Å². The molecule has 4 nitrogen and oxygen atoms in total. The maximum atomic E-state index is 11.2. The molecule has 0 atom stereocenters. The average Bonchev–Trinajstić information content (AvgIpc) is 2.69. The molecule has 31 heavy (non-hydrogen) atoms. The Balaban J connectivity index is 2.19. The van der Waals surface area contributed by atoms with Crippen molar-refractivity contribution in [1.82, 2.24) is 0 Å². The Hall–Kier alpha value is -2.36. The zero-order valence-electron chi connectivity index (χ0n) is 19.7. The number of hydrogen-bond acceptors (Lipinski definition) is 4. The number of carbonyl (C=O) groups is 2. The summed E-state index contributed by atoms with van der Waals surface area (Å²) in [6, 6.07) is 5.26. The normalized spacial score (nSPS) is 11.3. The van der Waals surface area contributed by atoms with Crippen molar-refractivity contribution in [3.63, 3.8) is 0 Å². The third kappa shape index (κ3) is 15.1. The van der Waals surface area contributed by atoms with E-state index in [2.05, 4.69) is 31.2 Å². The largest absolute Gasteiger partial charge is 0.427 e. The number of rotatable bonds is 16. The monoisotopic (exact) mass is 428 g/mol. The SMILES string of the molecule is CCCCCC=CCC=CCCCCCCCc1cc(OC(C)=O)cc(OC(C)=O)c1. The maximum Gasteiger partial charge on any atom is 0.308 e. The fourth-order valence-corrected chi connectivity index (χ4v) is 3.37. The minimum absolute atomic E-state index is 0.386. The molecule has 0 saturated heterocycles. The van der Waals surface area contributed by atoms with Crippen molar-refractivity contribution < 1.29 is 19.1 Å². The number of carbonyl (C=O) groups excluding carboxylic acids is 2. The molecule has 0 fully saturated rings. The van der Waals surface area contributed by atoms with Crippen LogP contribution in [0.1, 0.15) is 97.0 Å². The molecule has 4 heteroatoms. The van der Waals surface area contributed by atoms with Crippen LogP contribution in [0, 0.1) is 0 Å². The first kappa shape index (κ1) is 26.7. The molecule has 0 unspecified atom stereocenters. The van der Waals surface area contributed by atoms with Gasteiger partial charge < -0.3 is 9.47 Å². The molecule has 1 aromatic rings. The summed E-state index contributed by atoms with van der Waals surface area (Å²) in [5, 5.41) is 0. The molecule has 0 aromatic heterocycles. The third-order valence-electron chi connectivity index (χ3n) is 4.88. The van der Waals surface area contributed by atoms with Crippen LogP contribution in [0.2, 0.25) is 0 Å². The molecular formula is C27H40O4. The molecule has 1 aromatic carbocycles. The van der Waals surface area contributed by atoms with Gasteiger partial charge in [-0.25, -0.2) is 0 Å². The van der Waals surface area contributed by atoms with Gasteiger partial charge >= 0.3 is 11.9 Å². The zero-order valence-corrected chi connectivity index (χ0v) is 19.7. The van der Waals surface area contributed by atoms with Crippen LogP contribution in [-0.2, 0) is 16.0 Å². The van der Waals surface area contributed by atoms with Gasteiger partial charge in [0.15, 0.2) is 0 Å². The van der Waals surface area contributed by atoms with E-state index in [-0.39, 0.29) is 11.9 Å². The Morgan fingerprint density at radius 1 is 0.710 bits per heavy atom. The van der Waals surface area contributed by atoms with Gasteiger partial charge in [0.05, 0.1) is 0 Å². The summed E-state index contributed by atoms with van der Waals surface area (Å²) in [5.41, 5.74) is 1.01. The van der Waals surface area contributed by atoms with Crippen molar-refractivity contribution >= 4 is 11.9 Å². The van der Waals surface area contributed by atoms with Crippen LogP contribution in [0.4, 0.5) is 0 Å². The smallest absolute Gasteiger partial charge is 0.308 e. The topological polar surface area (TPSA) is 52.6 Å². The first-order valence-electron chi connectivity index (χ1n) is 11.8. The molecule has 1 rings (SSSR count). The Morgan fingerprint density at radius 2 is 1.23 bits per heavy atom. The second kappa shape index (κ2) is 17.3. The number of ether oxygens (including phenoxy) is 2. The van der Waals surface area contributed by atoms with Gasteiger partial charge in [-0.2, -0.15) is 0 Å². The highest BCUT2D eigenvalue weighted by molar-refractivity contribution is 5.71. The van der Waals surface area contributed by atoms with Crippen molar-refractivity contribution in [2.75, 3.05) is 0 Å². The first-order valence-corrected chi connectivity index (χ1v) is 11.8. The Morgan fingerprint density at radius 3 is 1.77 bits per heavy atom. The van der Waals surface area contributed by atoms with Crippen molar-refractivity contribution in [3.05, 3.63) is 48.1 Å². The fraction of sp³-hybridized carbons (Fsp3) is 0.556. The van der Waals surface area contributed by atoms with Gasteiger partial charge in [-0.15, -0.1) is 0 Å². The molecule has 0 aliphatic carbocycles. The molecule has 0 spiro atoms. The van der Waals surface area contributed by atoms with Gasteiger partial charge in [-0.1, -0.05) is 63.3 Å². The lowest BCUT2D eigenvalue weighted by Gasteiger charge is -2.09. The Labute approximate surface area is 188 Å². The summed E-state index contributed by atoms with van der Waals surface area (Å²) in [5.74, 6) is 0.0682. The quantitative estimate of drug-likeness (QED) is 0.118. The van der Waals surface area contributed by atoms with Crippen LogP contribution >= 0.6 is 0 Å². The number of aryl methyl sites for hydroxylation is 1. The van der Waals surface area contributed by atoms with E-state index in [9.17, 15) is 9.59 Å². The van der Waals surface area contributed by atoms with Crippen molar-refractivity contribution in [2.24, 2.45) is 0 Å².